The van der Waals surface area contributed by atoms with Crippen molar-refractivity contribution in [3.8, 4) is 0 Å². The summed E-state index contributed by atoms with van der Waals surface area (Å²) in [6.07, 6.45) is 3.97. The first-order valence-corrected chi connectivity index (χ1v) is 12.5. The van der Waals surface area contributed by atoms with Gasteiger partial charge in [-0.2, -0.15) is 0 Å². The summed E-state index contributed by atoms with van der Waals surface area (Å²) < 4.78 is 8.18. The van der Waals surface area contributed by atoms with Crippen molar-refractivity contribution < 1.29 is 33.8 Å². The van der Waals surface area contributed by atoms with Crippen LogP contribution in [0.3, 0.4) is 0 Å². The third kappa shape index (κ3) is 10.9. The summed E-state index contributed by atoms with van der Waals surface area (Å²) in [6, 6.07) is 1.53. The third-order valence-corrected chi connectivity index (χ3v) is 5.19. The van der Waals surface area contributed by atoms with Gasteiger partial charge >= 0.3 is 12.1 Å². The number of carbonyl (C=O) groups excluding carboxylic acids is 4. The van der Waals surface area contributed by atoms with Crippen LogP contribution in [-0.2, 0) is 28.4 Å². The van der Waals surface area contributed by atoms with E-state index in [1.54, 1.807) is 45.6 Å². The van der Waals surface area contributed by atoms with Crippen LogP contribution in [-0.4, -0.2) is 67.7 Å². The average molecular weight is 548 g/mol. The number of carboxylic acids is 1. The van der Waals surface area contributed by atoms with Crippen molar-refractivity contribution in [3.05, 3.63) is 30.0 Å². The maximum Gasteiger partial charge on any atom is 0.407 e. The van der Waals surface area contributed by atoms with Gasteiger partial charge in [0.2, 0.25) is 11.7 Å². The normalized spacial score (nSPS) is 11.0. The van der Waals surface area contributed by atoms with Crippen molar-refractivity contribution in [1.82, 2.24) is 24.8 Å². The number of aliphatic carboxylic acids is 1. The van der Waals surface area contributed by atoms with Crippen molar-refractivity contribution >= 4 is 41.3 Å². The maximum absolute atomic E-state index is 12.7. The monoisotopic (exact) mass is 547 g/mol. The molecule has 0 aliphatic rings. The van der Waals surface area contributed by atoms with Crippen LogP contribution in [0.25, 0.3) is 0 Å². The molecule has 2 aromatic rings. The Morgan fingerprint density at radius 2 is 1.56 bits per heavy atom. The molecule has 0 aliphatic carbocycles. The molecule has 39 heavy (non-hydrogen) atoms. The number of alkyl carbamates (subject to hydrolysis) is 1. The van der Waals surface area contributed by atoms with E-state index in [4.69, 9.17) is 9.84 Å². The summed E-state index contributed by atoms with van der Waals surface area (Å²) in [5, 5.41) is 19.4. The molecule has 0 aromatic carbocycles. The van der Waals surface area contributed by atoms with Crippen molar-refractivity contribution in [2.75, 3.05) is 23.7 Å². The number of ether oxygens (including phenoxy) is 1. The summed E-state index contributed by atoms with van der Waals surface area (Å²) in [4.78, 5) is 63.6. The van der Waals surface area contributed by atoms with Gasteiger partial charge in [0.15, 0.2) is 5.82 Å². The standard InChI is InChI=1S/C25H37N7O7/c1-25(2,3)39-24(38)27-12-7-6-11-26-22(36)17-13-16(14-31(17)4)28-23(37)21-30-18(15-32(21)5)29-19(33)9-8-10-20(34)35/h13-15H,6-12H2,1-5H3,(H,26,36)(H,27,38)(H,28,37)(H,29,33)(H,34,35). The van der Waals surface area contributed by atoms with Gasteiger partial charge in [0.25, 0.3) is 11.8 Å². The number of anilines is 2. The number of hydrogen-bond acceptors (Lipinski definition) is 7. The molecule has 0 saturated heterocycles. The largest absolute Gasteiger partial charge is 0.481 e. The fourth-order valence-electron chi connectivity index (χ4n) is 3.44. The lowest BCUT2D eigenvalue weighted by Gasteiger charge is -2.19. The molecule has 2 heterocycles. The van der Waals surface area contributed by atoms with Crippen molar-refractivity contribution in [2.45, 2.75) is 58.5 Å². The molecule has 0 unspecified atom stereocenters. The Morgan fingerprint density at radius 1 is 0.897 bits per heavy atom. The highest BCUT2D eigenvalue weighted by molar-refractivity contribution is 6.03. The van der Waals surface area contributed by atoms with Crippen molar-refractivity contribution in [1.29, 1.82) is 0 Å². The van der Waals surface area contributed by atoms with Gasteiger partial charge in [0, 0.05) is 52.4 Å². The van der Waals surface area contributed by atoms with E-state index in [-0.39, 0.29) is 36.8 Å². The number of carbonyl (C=O) groups is 5. The number of unbranched alkanes of at least 4 members (excludes halogenated alkanes) is 1. The molecule has 0 atom stereocenters. The highest BCUT2D eigenvalue weighted by atomic mass is 16.6. The van der Waals surface area contributed by atoms with E-state index in [9.17, 15) is 24.0 Å². The van der Waals surface area contributed by atoms with Crippen LogP contribution < -0.4 is 21.3 Å². The lowest BCUT2D eigenvalue weighted by atomic mass is 10.2. The van der Waals surface area contributed by atoms with E-state index < -0.39 is 29.5 Å². The predicted molar refractivity (Wildman–Crippen MR) is 142 cm³/mol. The first-order chi connectivity index (χ1) is 18.2. The lowest BCUT2D eigenvalue weighted by molar-refractivity contribution is -0.137. The Morgan fingerprint density at radius 3 is 2.21 bits per heavy atom. The molecule has 14 nitrogen and oxygen atoms in total. The Kier molecular flexibility index (Phi) is 11.1. The number of amides is 4. The SMILES string of the molecule is Cn1cc(NC(=O)c2nc(NC(=O)CCCC(=O)O)cn2C)cc1C(=O)NCCCCNC(=O)OC(C)(C)C. The molecule has 214 valence electrons. The zero-order chi connectivity index (χ0) is 29.2. The minimum absolute atomic E-state index is 0.0161. The Labute approximate surface area is 226 Å². The van der Waals surface area contributed by atoms with Crippen LogP contribution in [0.4, 0.5) is 16.3 Å². The average Bonchev–Trinajstić information content (AvgIpc) is 3.35. The smallest absolute Gasteiger partial charge is 0.407 e. The Hall–Kier alpha value is -4.36. The summed E-state index contributed by atoms with van der Waals surface area (Å²) in [7, 11) is 3.27. The number of nitrogens with one attached hydrogen (secondary N) is 4. The van der Waals surface area contributed by atoms with E-state index in [1.165, 1.54) is 16.8 Å². The third-order valence-electron chi connectivity index (χ3n) is 5.19. The maximum atomic E-state index is 12.7. The highest BCUT2D eigenvalue weighted by Gasteiger charge is 2.19. The van der Waals surface area contributed by atoms with Gasteiger partial charge < -0.3 is 40.2 Å². The van der Waals surface area contributed by atoms with Gasteiger partial charge in [0.1, 0.15) is 11.3 Å². The molecule has 0 fully saturated rings. The van der Waals surface area contributed by atoms with E-state index in [0.29, 0.717) is 37.3 Å². The van der Waals surface area contributed by atoms with E-state index in [0.717, 1.165) is 0 Å². The summed E-state index contributed by atoms with van der Waals surface area (Å²) in [5.41, 5.74) is 0.164. The first kappa shape index (κ1) is 30.9. The van der Waals surface area contributed by atoms with Crippen LogP contribution in [0.1, 0.15) is 74.0 Å². The molecule has 14 heteroatoms. The minimum Gasteiger partial charge on any atom is -0.481 e. The second-order valence-electron chi connectivity index (χ2n) is 9.93. The number of rotatable bonds is 13. The summed E-state index contributed by atoms with van der Waals surface area (Å²) in [5.74, 6) is -2.05. The van der Waals surface area contributed by atoms with Gasteiger partial charge in [-0.3, -0.25) is 19.2 Å². The summed E-state index contributed by atoms with van der Waals surface area (Å²) >= 11 is 0. The highest BCUT2D eigenvalue weighted by Crippen LogP contribution is 2.15. The zero-order valence-corrected chi connectivity index (χ0v) is 22.9. The molecule has 2 aromatic heterocycles. The van der Waals surface area contributed by atoms with Crippen molar-refractivity contribution in [3.63, 3.8) is 0 Å². The molecule has 2 rings (SSSR count). The van der Waals surface area contributed by atoms with Crippen LogP contribution in [0, 0.1) is 0 Å². The quantitative estimate of drug-likeness (QED) is 0.236. The second kappa shape index (κ2) is 14.0. The topological polar surface area (TPSA) is 186 Å². The summed E-state index contributed by atoms with van der Waals surface area (Å²) in [6.45, 7) is 6.19. The van der Waals surface area contributed by atoms with Crippen LogP contribution in [0.15, 0.2) is 18.5 Å². The molecule has 0 spiro atoms. The first-order valence-electron chi connectivity index (χ1n) is 12.5. The Bertz CT molecular complexity index is 1190. The van der Waals surface area contributed by atoms with Gasteiger partial charge in [-0.25, -0.2) is 9.78 Å². The predicted octanol–water partition coefficient (Wildman–Crippen LogP) is 2.24. The van der Waals surface area contributed by atoms with E-state index in [2.05, 4.69) is 26.3 Å². The number of aromatic nitrogens is 3. The van der Waals surface area contributed by atoms with Crippen LogP contribution >= 0.6 is 0 Å². The molecule has 0 bridgehead atoms. The molecular formula is C25H37N7O7. The van der Waals surface area contributed by atoms with Crippen molar-refractivity contribution in [2.24, 2.45) is 14.1 Å². The van der Waals surface area contributed by atoms with Gasteiger partial charge in [-0.05, 0) is 46.1 Å². The molecular weight excluding hydrogens is 510 g/mol. The van der Waals surface area contributed by atoms with E-state index >= 15 is 0 Å². The number of aryl methyl sites for hydroxylation is 2. The van der Waals surface area contributed by atoms with Gasteiger partial charge in [0.05, 0.1) is 5.69 Å². The number of carboxylic acid groups (broad SMARTS) is 1. The fraction of sp³-hybridized carbons (Fsp3) is 0.520. The second-order valence-corrected chi connectivity index (χ2v) is 9.93. The number of imidazole rings is 1. The fourth-order valence-corrected chi connectivity index (χ4v) is 3.44. The van der Waals surface area contributed by atoms with Gasteiger partial charge in [-0.15, -0.1) is 0 Å². The lowest BCUT2D eigenvalue weighted by Crippen LogP contribution is -2.33. The minimum atomic E-state index is -0.981. The Balaban J connectivity index is 1.82. The molecule has 0 radical (unpaired) electrons. The molecule has 0 aliphatic heterocycles. The van der Waals surface area contributed by atoms with Gasteiger partial charge in [-0.1, -0.05) is 0 Å². The molecule has 4 amide bonds. The number of nitrogens with zero attached hydrogens (tertiary/aromatic N) is 3. The molecule has 5 N–H and O–H groups in total. The van der Waals surface area contributed by atoms with Crippen LogP contribution in [0.2, 0.25) is 0 Å². The van der Waals surface area contributed by atoms with E-state index in [1.807, 2.05) is 0 Å². The number of hydrogen-bond donors (Lipinski definition) is 5. The molecule has 0 saturated carbocycles. The van der Waals surface area contributed by atoms with Crippen LogP contribution in [0.5, 0.6) is 0 Å². The zero-order valence-electron chi connectivity index (χ0n) is 22.9.